The first-order valence-electron chi connectivity index (χ1n) is 24.1. The normalized spacial score (nSPS) is 55.9. The molecule has 21 rings (SSSR count). The third-order valence-electron chi connectivity index (χ3n) is 14.5. The molecule has 21 aliphatic rings. The van der Waals surface area contributed by atoms with Crippen LogP contribution in [0.25, 0.3) is 0 Å². The topological polar surface area (TPSA) is 554 Å². The average molecular weight is 1120 g/mol. The molecule has 442 valence electrons. The van der Waals surface area contributed by atoms with Crippen LogP contribution >= 0.6 is 0 Å². The van der Waals surface area contributed by atoms with Gasteiger partial charge in [0.2, 0.25) is 5.79 Å². The second kappa shape index (κ2) is 25.0. The molecule has 0 aromatic heterocycles. The van der Waals surface area contributed by atoms with Crippen LogP contribution in [-0.4, -0.2) is 362 Å². The predicted molar refractivity (Wildman–Crippen MR) is 224 cm³/mol. The first-order chi connectivity index (χ1) is 36.1. The number of aliphatic hydroxyl groups is 21. The van der Waals surface area contributed by atoms with Gasteiger partial charge in [-0.25, -0.2) is 0 Å². The Morgan fingerprint density at radius 3 is 0.711 bits per heavy atom. The van der Waals surface area contributed by atoms with Crippen LogP contribution < -0.4 is 0 Å². The van der Waals surface area contributed by atoms with E-state index in [1.807, 2.05) is 0 Å². The first-order valence-corrected chi connectivity index (χ1v) is 24.1. The first kappa shape index (κ1) is 60.7. The Morgan fingerprint density at radius 2 is 0.474 bits per heavy atom. The molecular weight excluding hydrogens is 1050 g/mol. The summed E-state index contributed by atoms with van der Waals surface area (Å²) < 4.78 is 78.5. The summed E-state index contributed by atoms with van der Waals surface area (Å²) in [5, 5.41) is 230. The van der Waals surface area contributed by atoms with E-state index in [1.165, 1.54) is 0 Å². The summed E-state index contributed by atoms with van der Waals surface area (Å²) in [6.45, 7) is -7.50. The van der Waals surface area contributed by atoms with Crippen molar-refractivity contribution in [3.63, 3.8) is 0 Å². The van der Waals surface area contributed by atoms with Gasteiger partial charge in [0, 0.05) is 0 Å². The van der Waals surface area contributed by atoms with E-state index in [0.29, 0.717) is 0 Å². The van der Waals surface area contributed by atoms with Crippen molar-refractivity contribution in [1.82, 2.24) is 0 Å². The third kappa shape index (κ3) is 11.5. The zero-order valence-corrected chi connectivity index (χ0v) is 39.6. The summed E-state index contributed by atoms with van der Waals surface area (Å²) in [6, 6.07) is 0. The molecule has 21 saturated heterocycles. The second-order valence-corrected chi connectivity index (χ2v) is 19.4. The van der Waals surface area contributed by atoms with Crippen LogP contribution in [0.15, 0.2) is 0 Å². The van der Waals surface area contributed by atoms with Crippen molar-refractivity contribution in [3.05, 3.63) is 0 Å². The summed E-state index contributed by atoms with van der Waals surface area (Å²) in [4.78, 5) is 0. The lowest BCUT2D eigenvalue weighted by atomic mass is 9.95. The SMILES string of the molecule is OCC1O[C@H]2OC3C(CO)O[C@@H](O[C@@H]4C(CO)O[C@@H](O[C@H]5C(CO)O[C@H](O[C@@H]6C(CO)O[C@H](O[C@]7(O)CO[C@H](O[C@@H]8C(CO)O[C@H](OC1[C@H](O)C2O)C(O)[C@H]8O)C(O)[C@H]7O)C(O)[C@H]6O)C(O)[C@H]5O)C(O)[C@H]4O)C(O)[C@H]3O. The van der Waals surface area contributed by atoms with E-state index < -0.39 is 255 Å². The third-order valence-corrected chi connectivity index (χ3v) is 14.5. The molecule has 21 heterocycles. The van der Waals surface area contributed by atoms with Crippen molar-refractivity contribution >= 4 is 0 Å². The Bertz CT molecular complexity index is 1820. The number of rotatable bonds is 6. The van der Waals surface area contributed by atoms with Crippen molar-refractivity contribution in [1.29, 1.82) is 0 Å². The van der Waals surface area contributed by atoms with Gasteiger partial charge >= 0.3 is 0 Å². The van der Waals surface area contributed by atoms with E-state index in [1.54, 1.807) is 0 Å². The van der Waals surface area contributed by atoms with Gasteiger partial charge in [-0.05, 0) is 0 Å². The maximum Gasteiger partial charge on any atom is 0.221 e. The van der Waals surface area contributed by atoms with Gasteiger partial charge in [-0.15, -0.1) is 0 Å². The number of ether oxygens (including phenoxy) is 14. The lowest BCUT2D eigenvalue weighted by molar-refractivity contribution is -0.433. The number of hydrogen-bond acceptors (Lipinski definition) is 35. The molecule has 76 heavy (non-hydrogen) atoms. The molecular formula is C41H68O35. The molecule has 35 nitrogen and oxygen atoms in total. The summed E-state index contributed by atoms with van der Waals surface area (Å²) in [5.41, 5.74) is 0. The Kier molecular flexibility index (Phi) is 20.0. The lowest BCUT2D eigenvalue weighted by Crippen LogP contribution is -2.69. The fourth-order valence-electron chi connectivity index (χ4n) is 10.1. The molecule has 0 radical (unpaired) electrons. The number of aliphatic hydroxyl groups excluding tert-OH is 20. The maximum atomic E-state index is 11.4. The van der Waals surface area contributed by atoms with Gasteiger partial charge in [-0.1, -0.05) is 0 Å². The lowest BCUT2D eigenvalue weighted by Gasteiger charge is -2.50. The quantitative estimate of drug-likeness (QED) is 0.117. The Hall–Kier alpha value is -1.40. The van der Waals surface area contributed by atoms with Crippen LogP contribution in [0.3, 0.4) is 0 Å². The molecule has 34 atom stereocenters. The highest BCUT2D eigenvalue weighted by Crippen LogP contribution is 2.39. The Balaban J connectivity index is 1.07. The zero-order chi connectivity index (χ0) is 55.4. The van der Waals surface area contributed by atoms with Crippen LogP contribution in [0.2, 0.25) is 0 Å². The van der Waals surface area contributed by atoms with E-state index in [4.69, 9.17) is 66.3 Å². The Morgan fingerprint density at radius 1 is 0.263 bits per heavy atom. The van der Waals surface area contributed by atoms with E-state index in [0.717, 1.165) is 0 Å². The van der Waals surface area contributed by atoms with Gasteiger partial charge in [0.25, 0.3) is 0 Å². The van der Waals surface area contributed by atoms with E-state index in [-0.39, 0.29) is 0 Å². The standard InChI is InChI=1S/C41H68O35/c42-1-8-27-14(48)20(54)35(64-8)71-28-9(2-43)65-36(21(55)15(28)49)72-29-10(3-44)66-37(22(56)16(29)50)73-30-11(4-45)67-38(23(57)17(30)51)74-31-12(5-46)68-39(24(58)18(31)52)75-32-13(6-47)69-40(25(59)19(32)53)76-41(62)7-63-34(70-27)26(60)33(41)61/h8-40,42-62H,1-7H2/t8?,9?,10?,11?,12?,13?,14-,15-,16-,17-,18-,19-,20?,21?,22?,23?,24?,25?,26?,27-,28?,29?,30-,31+,32-,33-,34-,35-,36+,37+,38+,39-,40-,41-/m1/s1. The van der Waals surface area contributed by atoms with E-state index >= 15 is 0 Å². The Labute approximate surface area is 428 Å². The minimum atomic E-state index is -3.06. The summed E-state index contributed by atoms with van der Waals surface area (Å²) in [6.07, 6.45) is -67.6. The van der Waals surface area contributed by atoms with Crippen molar-refractivity contribution in [2.75, 3.05) is 46.2 Å². The van der Waals surface area contributed by atoms with Gasteiger partial charge in [-0.2, -0.15) is 0 Å². The zero-order valence-electron chi connectivity index (χ0n) is 39.6. The van der Waals surface area contributed by atoms with Gasteiger partial charge < -0.3 is 174 Å². The van der Waals surface area contributed by atoms with Crippen LogP contribution in [-0.2, 0) is 66.3 Å². The van der Waals surface area contributed by atoms with Gasteiger partial charge in [-0.3, -0.25) is 0 Å². The maximum absolute atomic E-state index is 11.4. The molecule has 0 spiro atoms. The highest BCUT2D eigenvalue weighted by atomic mass is 16.8. The molecule has 14 bridgehead atoms. The molecule has 21 N–H and O–H groups in total. The molecule has 21 fully saturated rings. The molecule has 21 aliphatic heterocycles. The molecule has 15 unspecified atom stereocenters. The van der Waals surface area contributed by atoms with Gasteiger partial charge in [0.1, 0.15) is 165 Å². The largest absolute Gasteiger partial charge is 0.394 e. The fraction of sp³-hybridized carbons (Fsp3) is 1.00. The van der Waals surface area contributed by atoms with Crippen LogP contribution in [0.1, 0.15) is 0 Å². The average Bonchev–Trinajstić information content (AvgIpc) is 3.42. The van der Waals surface area contributed by atoms with Crippen molar-refractivity contribution in [3.8, 4) is 0 Å². The highest BCUT2D eigenvalue weighted by molar-refractivity contribution is 5.01. The van der Waals surface area contributed by atoms with Gasteiger partial charge in [0.05, 0.1) is 39.6 Å². The summed E-state index contributed by atoms with van der Waals surface area (Å²) in [7, 11) is 0. The predicted octanol–water partition coefficient (Wildman–Crippen LogP) is -15.3. The number of hydrogen-bond donors (Lipinski definition) is 21. The highest BCUT2D eigenvalue weighted by Gasteiger charge is 2.60. The smallest absolute Gasteiger partial charge is 0.221 e. The van der Waals surface area contributed by atoms with Crippen molar-refractivity contribution in [2.24, 2.45) is 0 Å². The summed E-state index contributed by atoms with van der Waals surface area (Å²) >= 11 is 0. The van der Waals surface area contributed by atoms with E-state index in [9.17, 15) is 107 Å². The van der Waals surface area contributed by atoms with Crippen LogP contribution in [0, 0.1) is 0 Å². The molecule has 0 aromatic carbocycles. The fourth-order valence-corrected chi connectivity index (χ4v) is 10.1. The summed E-state index contributed by atoms with van der Waals surface area (Å²) in [5.74, 6) is -3.06. The van der Waals surface area contributed by atoms with E-state index in [2.05, 4.69) is 0 Å². The molecule has 0 amide bonds. The monoisotopic (exact) mass is 1120 g/mol. The molecule has 35 heteroatoms. The minimum absolute atomic E-state index is 1.05. The van der Waals surface area contributed by atoms with Gasteiger partial charge in [0.15, 0.2) is 44.0 Å². The van der Waals surface area contributed by atoms with Crippen molar-refractivity contribution < 1.29 is 174 Å². The van der Waals surface area contributed by atoms with Crippen LogP contribution in [0.5, 0.6) is 0 Å². The molecule has 0 saturated carbocycles. The van der Waals surface area contributed by atoms with Crippen molar-refractivity contribution in [2.45, 2.75) is 209 Å². The molecule has 0 aliphatic carbocycles. The molecule has 0 aromatic rings. The van der Waals surface area contributed by atoms with Crippen LogP contribution in [0.4, 0.5) is 0 Å². The second-order valence-electron chi connectivity index (χ2n) is 19.4. The minimum Gasteiger partial charge on any atom is -0.394 e.